The summed E-state index contributed by atoms with van der Waals surface area (Å²) in [6, 6.07) is 6.42. The summed E-state index contributed by atoms with van der Waals surface area (Å²) in [6.45, 7) is 0.144. The maximum Gasteiger partial charge on any atom is 0.387 e. The number of nitrogens with zero attached hydrogens (tertiary/aromatic N) is 1. The fourth-order valence-electron chi connectivity index (χ4n) is 2.68. The zero-order valence-electron chi connectivity index (χ0n) is 13.0. The third-order valence-corrected chi connectivity index (χ3v) is 4.05. The van der Waals surface area contributed by atoms with E-state index in [2.05, 4.69) is 4.74 Å². The fraction of sp³-hybridized carbons (Fsp3) is 0.471. The van der Waals surface area contributed by atoms with Crippen LogP contribution in [-0.2, 0) is 4.79 Å². The van der Waals surface area contributed by atoms with Crippen molar-refractivity contribution in [2.75, 3.05) is 19.7 Å². The van der Waals surface area contributed by atoms with E-state index in [1.165, 1.54) is 12.1 Å². The van der Waals surface area contributed by atoms with Gasteiger partial charge in [-0.2, -0.15) is 8.78 Å². The lowest BCUT2D eigenvalue weighted by Crippen LogP contribution is -2.38. The molecule has 1 aliphatic heterocycles. The smallest absolute Gasteiger partial charge is 0.387 e. The molecule has 1 aromatic rings. The lowest BCUT2D eigenvalue weighted by Gasteiger charge is -2.30. The summed E-state index contributed by atoms with van der Waals surface area (Å²) in [5.74, 6) is 0.165. The number of aliphatic hydroxyl groups excluding tert-OH is 1. The fourth-order valence-corrected chi connectivity index (χ4v) is 2.68. The largest absolute Gasteiger partial charge is 0.434 e. The number of aliphatic hydroxyl groups is 1. The van der Waals surface area contributed by atoms with Crippen LogP contribution >= 0.6 is 0 Å². The van der Waals surface area contributed by atoms with E-state index >= 15 is 0 Å². The molecule has 0 aliphatic carbocycles. The minimum absolute atomic E-state index is 0.0584. The van der Waals surface area contributed by atoms with Gasteiger partial charge in [0.2, 0.25) is 5.91 Å². The molecule has 0 saturated carbocycles. The highest BCUT2D eigenvalue weighted by Crippen LogP contribution is 2.27. The van der Waals surface area contributed by atoms with E-state index < -0.39 is 6.61 Å². The molecule has 0 unspecified atom stereocenters. The molecule has 1 N–H and O–H groups in total. The van der Waals surface area contributed by atoms with Crippen LogP contribution in [-0.4, -0.2) is 42.2 Å². The number of piperidine rings is 1. The van der Waals surface area contributed by atoms with Gasteiger partial charge in [-0.3, -0.25) is 4.79 Å². The van der Waals surface area contributed by atoms with Crippen LogP contribution in [0.3, 0.4) is 0 Å². The molecule has 0 aromatic heterocycles. The lowest BCUT2D eigenvalue weighted by atomic mass is 9.97. The summed E-state index contributed by atoms with van der Waals surface area (Å²) in [7, 11) is 0. The molecular formula is C17H21F2NO3. The average Bonchev–Trinajstić information content (AvgIpc) is 2.54. The standard InChI is InChI=1S/C17H21F2NO3/c1-12(14-4-2-3-5-15(14)23-17(18)19)10-16(22)20-8-6-13(11-21)7-9-20/h2-5,10,13,17,21H,6-9,11H2,1H3/b12-10-. The van der Waals surface area contributed by atoms with E-state index in [-0.39, 0.29) is 24.2 Å². The normalized spacial score (nSPS) is 16.7. The molecule has 1 aliphatic rings. The number of alkyl halides is 2. The number of rotatable bonds is 5. The Hall–Kier alpha value is -1.95. The Morgan fingerprint density at radius 2 is 2.04 bits per heavy atom. The molecule has 0 atom stereocenters. The zero-order chi connectivity index (χ0) is 16.8. The topological polar surface area (TPSA) is 49.8 Å². The van der Waals surface area contributed by atoms with E-state index in [1.54, 1.807) is 30.0 Å². The third kappa shape index (κ3) is 4.76. The number of halogens is 2. The molecule has 1 amide bonds. The van der Waals surface area contributed by atoms with Gasteiger partial charge in [0.05, 0.1) is 0 Å². The van der Waals surface area contributed by atoms with Crippen LogP contribution in [0.4, 0.5) is 8.78 Å². The number of amides is 1. The van der Waals surface area contributed by atoms with E-state index in [0.29, 0.717) is 24.2 Å². The van der Waals surface area contributed by atoms with Crippen molar-refractivity contribution < 1.29 is 23.4 Å². The Morgan fingerprint density at radius 3 is 2.65 bits per heavy atom. The summed E-state index contributed by atoms with van der Waals surface area (Å²) in [6.07, 6.45) is 3.01. The van der Waals surface area contributed by atoms with Gasteiger partial charge in [0.15, 0.2) is 0 Å². The molecule has 0 radical (unpaired) electrons. The van der Waals surface area contributed by atoms with E-state index in [9.17, 15) is 13.6 Å². The maximum atomic E-state index is 12.5. The number of allylic oxidation sites excluding steroid dienone is 1. The molecule has 1 saturated heterocycles. The van der Waals surface area contributed by atoms with Gasteiger partial charge in [-0.05, 0) is 37.3 Å². The second-order valence-electron chi connectivity index (χ2n) is 5.65. The number of carbonyl (C=O) groups is 1. The average molecular weight is 325 g/mol. The van der Waals surface area contributed by atoms with Crippen LogP contribution in [0.2, 0.25) is 0 Å². The molecule has 6 heteroatoms. The first-order valence-corrected chi connectivity index (χ1v) is 7.63. The number of hydrogen-bond donors (Lipinski definition) is 1. The quantitative estimate of drug-likeness (QED) is 0.847. The predicted molar refractivity (Wildman–Crippen MR) is 83.1 cm³/mol. The molecule has 0 spiro atoms. The molecule has 1 fully saturated rings. The van der Waals surface area contributed by atoms with Crippen LogP contribution in [0.15, 0.2) is 30.3 Å². The van der Waals surface area contributed by atoms with Crippen LogP contribution in [0.5, 0.6) is 5.75 Å². The first kappa shape index (κ1) is 17.4. The van der Waals surface area contributed by atoms with Crippen molar-refractivity contribution >= 4 is 11.5 Å². The van der Waals surface area contributed by atoms with Gasteiger partial charge in [0.25, 0.3) is 0 Å². The van der Waals surface area contributed by atoms with Gasteiger partial charge < -0.3 is 14.7 Å². The van der Waals surface area contributed by atoms with Crippen molar-refractivity contribution in [3.63, 3.8) is 0 Å². The predicted octanol–water partition coefficient (Wildman–Crippen LogP) is 2.92. The second-order valence-corrected chi connectivity index (χ2v) is 5.65. The highest BCUT2D eigenvalue weighted by molar-refractivity contribution is 5.95. The van der Waals surface area contributed by atoms with Crippen LogP contribution in [0.1, 0.15) is 25.3 Å². The van der Waals surface area contributed by atoms with Crippen LogP contribution < -0.4 is 4.74 Å². The summed E-state index contributed by atoms with van der Waals surface area (Å²) in [5.41, 5.74) is 1.06. The highest BCUT2D eigenvalue weighted by Gasteiger charge is 2.21. The number of carbonyl (C=O) groups excluding carboxylic acids is 1. The number of ether oxygens (including phenoxy) is 1. The number of benzene rings is 1. The first-order chi connectivity index (χ1) is 11.0. The van der Waals surface area contributed by atoms with Crippen molar-refractivity contribution in [1.82, 2.24) is 4.90 Å². The van der Waals surface area contributed by atoms with Crippen LogP contribution in [0, 0.1) is 5.92 Å². The van der Waals surface area contributed by atoms with Crippen molar-refractivity contribution in [2.24, 2.45) is 5.92 Å². The third-order valence-electron chi connectivity index (χ3n) is 4.05. The molecule has 4 nitrogen and oxygen atoms in total. The zero-order valence-corrected chi connectivity index (χ0v) is 13.0. The van der Waals surface area contributed by atoms with Crippen molar-refractivity contribution in [1.29, 1.82) is 0 Å². The van der Waals surface area contributed by atoms with Gasteiger partial charge in [-0.1, -0.05) is 18.2 Å². The summed E-state index contributed by atoms with van der Waals surface area (Å²) in [5, 5.41) is 9.12. The summed E-state index contributed by atoms with van der Waals surface area (Å²) in [4.78, 5) is 14.0. The highest BCUT2D eigenvalue weighted by atomic mass is 19.3. The maximum absolute atomic E-state index is 12.5. The number of hydrogen-bond acceptors (Lipinski definition) is 3. The summed E-state index contributed by atoms with van der Waals surface area (Å²) >= 11 is 0. The van der Waals surface area contributed by atoms with Crippen molar-refractivity contribution in [2.45, 2.75) is 26.4 Å². The van der Waals surface area contributed by atoms with Crippen molar-refractivity contribution in [3.8, 4) is 5.75 Å². The van der Waals surface area contributed by atoms with Crippen LogP contribution in [0.25, 0.3) is 5.57 Å². The minimum Gasteiger partial charge on any atom is -0.434 e. The SMILES string of the molecule is C/C(=C/C(=O)N1CCC(CO)CC1)c1ccccc1OC(F)F. The molecule has 1 aromatic carbocycles. The van der Waals surface area contributed by atoms with E-state index in [0.717, 1.165) is 12.8 Å². The number of para-hydroxylation sites is 1. The van der Waals surface area contributed by atoms with Gasteiger partial charge in [0.1, 0.15) is 5.75 Å². The molecule has 0 bridgehead atoms. The minimum atomic E-state index is -2.91. The Bertz CT molecular complexity index is 567. The Labute approximate surface area is 134 Å². The molecule has 1 heterocycles. The van der Waals surface area contributed by atoms with Crippen molar-refractivity contribution in [3.05, 3.63) is 35.9 Å². The molecule has 23 heavy (non-hydrogen) atoms. The molecular weight excluding hydrogens is 304 g/mol. The lowest BCUT2D eigenvalue weighted by molar-refractivity contribution is -0.127. The van der Waals surface area contributed by atoms with Gasteiger partial charge in [0, 0.05) is 31.3 Å². The monoisotopic (exact) mass is 325 g/mol. The van der Waals surface area contributed by atoms with Gasteiger partial charge >= 0.3 is 6.61 Å². The van der Waals surface area contributed by atoms with E-state index in [4.69, 9.17) is 5.11 Å². The van der Waals surface area contributed by atoms with Gasteiger partial charge in [-0.25, -0.2) is 0 Å². The van der Waals surface area contributed by atoms with E-state index in [1.807, 2.05) is 0 Å². The first-order valence-electron chi connectivity index (χ1n) is 7.63. The summed E-state index contributed by atoms with van der Waals surface area (Å²) < 4.78 is 29.4. The molecule has 126 valence electrons. The Kier molecular flexibility index (Phi) is 6.10. The number of likely N-dealkylation sites (tertiary alicyclic amines) is 1. The molecule has 2 rings (SSSR count). The Balaban J connectivity index is 2.09. The van der Waals surface area contributed by atoms with Gasteiger partial charge in [-0.15, -0.1) is 0 Å². The second kappa shape index (κ2) is 8.06. The Morgan fingerprint density at radius 1 is 1.39 bits per heavy atom.